The highest BCUT2D eigenvalue weighted by atomic mass is 35.5. The predicted octanol–water partition coefficient (Wildman–Crippen LogP) is 6.39. The second kappa shape index (κ2) is 6.25. The first-order valence-electron chi connectivity index (χ1n) is 8.22. The van der Waals surface area contributed by atoms with E-state index in [0.717, 1.165) is 39.0 Å². The molecule has 0 saturated heterocycles. The number of anilines is 1. The fourth-order valence-corrected chi connectivity index (χ4v) is 3.39. The van der Waals surface area contributed by atoms with E-state index in [4.69, 9.17) is 23.9 Å². The molecule has 4 rings (SSSR count). The summed E-state index contributed by atoms with van der Waals surface area (Å²) < 4.78 is 2.12. The predicted molar refractivity (Wildman–Crippen MR) is 109 cm³/mol. The molecule has 3 nitrogen and oxygen atoms in total. The van der Waals surface area contributed by atoms with E-state index in [0.29, 0.717) is 10.7 Å². The smallest absolute Gasteiger partial charge is 0.188 e. The van der Waals surface area contributed by atoms with E-state index in [1.54, 1.807) is 0 Å². The van der Waals surface area contributed by atoms with E-state index >= 15 is 0 Å². The largest absolute Gasteiger partial charge is 0.398 e. The van der Waals surface area contributed by atoms with Crippen LogP contribution in [-0.2, 0) is 0 Å². The first-order valence-corrected chi connectivity index (χ1v) is 8.60. The number of hydrogen-bond donors (Lipinski definition) is 1. The number of halogens is 1. The molecule has 0 saturated carbocycles. The molecule has 4 heteroatoms. The first-order chi connectivity index (χ1) is 12.6. The van der Waals surface area contributed by atoms with E-state index in [-0.39, 0.29) is 0 Å². The minimum Gasteiger partial charge on any atom is -0.398 e. The summed E-state index contributed by atoms with van der Waals surface area (Å²) in [5.41, 5.74) is 12.7. The summed E-state index contributed by atoms with van der Waals surface area (Å²) in [4.78, 5) is 3.59. The second-order valence-corrected chi connectivity index (χ2v) is 6.66. The van der Waals surface area contributed by atoms with Crippen LogP contribution < -0.4 is 5.73 Å². The number of aromatic nitrogens is 1. The van der Waals surface area contributed by atoms with E-state index in [1.807, 2.05) is 61.5 Å². The van der Waals surface area contributed by atoms with Crippen molar-refractivity contribution < 1.29 is 0 Å². The van der Waals surface area contributed by atoms with Crippen LogP contribution in [0.3, 0.4) is 0 Å². The molecule has 4 aromatic rings. The minimum atomic E-state index is 0.620. The van der Waals surface area contributed by atoms with Crippen molar-refractivity contribution in [3.8, 4) is 16.8 Å². The highest BCUT2D eigenvalue weighted by molar-refractivity contribution is 6.30. The van der Waals surface area contributed by atoms with Crippen LogP contribution in [0.4, 0.5) is 11.4 Å². The lowest BCUT2D eigenvalue weighted by Gasteiger charge is -2.07. The van der Waals surface area contributed by atoms with E-state index in [1.165, 1.54) is 0 Å². The van der Waals surface area contributed by atoms with Crippen molar-refractivity contribution in [2.24, 2.45) is 0 Å². The molecule has 3 aromatic carbocycles. The van der Waals surface area contributed by atoms with Crippen LogP contribution in [0.2, 0.25) is 5.02 Å². The maximum Gasteiger partial charge on any atom is 0.188 e. The molecule has 2 N–H and O–H groups in total. The van der Waals surface area contributed by atoms with Gasteiger partial charge < -0.3 is 10.3 Å². The van der Waals surface area contributed by atoms with Crippen molar-refractivity contribution in [1.29, 1.82) is 0 Å². The van der Waals surface area contributed by atoms with Gasteiger partial charge in [0.05, 0.1) is 12.1 Å². The van der Waals surface area contributed by atoms with Gasteiger partial charge in [-0.05, 0) is 65.9 Å². The molecule has 0 aliphatic rings. The lowest BCUT2D eigenvalue weighted by molar-refractivity contribution is 1.13. The molecule has 1 heterocycles. The Kier molecular flexibility index (Phi) is 3.91. The van der Waals surface area contributed by atoms with Crippen molar-refractivity contribution in [1.82, 2.24) is 4.57 Å². The molecular formula is C22H16ClN3. The Bertz CT molecular complexity index is 1160. The van der Waals surface area contributed by atoms with Gasteiger partial charge in [0.25, 0.3) is 0 Å². The summed E-state index contributed by atoms with van der Waals surface area (Å²) in [7, 11) is 0. The van der Waals surface area contributed by atoms with Gasteiger partial charge in [-0.3, -0.25) is 0 Å². The number of nitrogen functional groups attached to an aromatic ring is 1. The summed E-state index contributed by atoms with van der Waals surface area (Å²) in [6.07, 6.45) is 2.10. The summed E-state index contributed by atoms with van der Waals surface area (Å²) in [5, 5.41) is 1.73. The van der Waals surface area contributed by atoms with Gasteiger partial charge in [-0.15, -0.1) is 0 Å². The zero-order chi connectivity index (χ0) is 18.3. The van der Waals surface area contributed by atoms with Gasteiger partial charge >= 0.3 is 0 Å². The molecule has 0 unspecified atom stereocenters. The summed E-state index contributed by atoms with van der Waals surface area (Å²) in [6.45, 7) is 9.37. The normalized spacial score (nSPS) is 10.8. The molecule has 0 aliphatic heterocycles. The fraction of sp³-hybridized carbons (Fsp3) is 0.0455. The number of benzene rings is 3. The maximum absolute atomic E-state index is 7.35. The monoisotopic (exact) mass is 357 g/mol. The molecule has 0 spiro atoms. The Morgan fingerprint density at radius 3 is 2.50 bits per heavy atom. The van der Waals surface area contributed by atoms with Gasteiger partial charge in [-0.1, -0.05) is 29.8 Å². The second-order valence-electron chi connectivity index (χ2n) is 6.22. The average Bonchev–Trinajstić information content (AvgIpc) is 3.03. The van der Waals surface area contributed by atoms with E-state index in [2.05, 4.69) is 21.7 Å². The molecule has 126 valence electrons. The summed E-state index contributed by atoms with van der Waals surface area (Å²) in [6, 6.07) is 19.4. The quantitative estimate of drug-likeness (QED) is 0.327. The van der Waals surface area contributed by atoms with Gasteiger partial charge in [-0.2, -0.15) is 0 Å². The van der Waals surface area contributed by atoms with Crippen LogP contribution >= 0.6 is 11.6 Å². The van der Waals surface area contributed by atoms with Gasteiger partial charge in [-0.25, -0.2) is 4.85 Å². The third-order valence-corrected chi connectivity index (χ3v) is 4.94. The molecule has 0 bridgehead atoms. The number of hydrogen-bond acceptors (Lipinski definition) is 1. The number of nitrogens with zero attached hydrogens (tertiary/aromatic N) is 2. The number of rotatable bonds is 2. The topological polar surface area (TPSA) is 35.3 Å². The molecule has 0 amide bonds. The van der Waals surface area contributed by atoms with Gasteiger partial charge in [0, 0.05) is 28.2 Å². The SMILES string of the molecule is [C-]#[N+]c1ccc2c(c1)c(-c1cccc(N)c1C)cn2-c1ccc(Cl)cc1. The lowest BCUT2D eigenvalue weighted by atomic mass is 9.99. The van der Waals surface area contributed by atoms with Crippen LogP contribution in [0.25, 0.3) is 32.6 Å². The van der Waals surface area contributed by atoms with Crippen LogP contribution in [0.1, 0.15) is 5.56 Å². The van der Waals surface area contributed by atoms with E-state index in [9.17, 15) is 0 Å². The van der Waals surface area contributed by atoms with Gasteiger partial charge in [0.1, 0.15) is 0 Å². The third kappa shape index (κ3) is 2.61. The number of fused-ring (bicyclic) bond motifs is 1. The highest BCUT2D eigenvalue weighted by Crippen LogP contribution is 2.37. The molecular weight excluding hydrogens is 342 g/mol. The van der Waals surface area contributed by atoms with Crippen LogP contribution in [0.15, 0.2) is 66.9 Å². The van der Waals surface area contributed by atoms with Gasteiger partial charge in [0.15, 0.2) is 5.69 Å². The van der Waals surface area contributed by atoms with E-state index < -0.39 is 0 Å². The lowest BCUT2D eigenvalue weighted by Crippen LogP contribution is -1.92. The molecule has 0 fully saturated rings. The molecule has 0 atom stereocenters. The molecule has 0 aliphatic carbocycles. The Balaban J connectivity index is 2.05. The molecule has 0 radical (unpaired) electrons. The Hall–Kier alpha value is -3.22. The third-order valence-electron chi connectivity index (χ3n) is 4.69. The average molecular weight is 358 g/mol. The van der Waals surface area contributed by atoms with Gasteiger partial charge in [0.2, 0.25) is 0 Å². The number of nitrogens with two attached hydrogens (primary N) is 1. The molecule has 26 heavy (non-hydrogen) atoms. The Labute approximate surface area is 157 Å². The van der Waals surface area contributed by atoms with Crippen molar-refractivity contribution in [2.75, 3.05) is 5.73 Å². The van der Waals surface area contributed by atoms with Crippen molar-refractivity contribution in [3.63, 3.8) is 0 Å². The zero-order valence-corrected chi connectivity index (χ0v) is 15.0. The van der Waals surface area contributed by atoms with Crippen molar-refractivity contribution >= 4 is 33.9 Å². The van der Waals surface area contributed by atoms with Crippen LogP contribution in [0.5, 0.6) is 0 Å². The Morgan fingerprint density at radius 2 is 1.77 bits per heavy atom. The van der Waals surface area contributed by atoms with Crippen LogP contribution in [-0.4, -0.2) is 4.57 Å². The maximum atomic E-state index is 7.35. The standard InChI is InChI=1S/C22H16ClN3/c1-14-18(4-3-5-21(14)24)20-13-26(17-9-6-15(23)7-10-17)22-11-8-16(25-2)12-19(20)22/h3-13H,24H2,1H3. The minimum absolute atomic E-state index is 0.620. The Morgan fingerprint density at radius 1 is 1.00 bits per heavy atom. The van der Waals surface area contributed by atoms with Crippen molar-refractivity contribution in [2.45, 2.75) is 6.92 Å². The first kappa shape index (κ1) is 16.3. The summed E-state index contributed by atoms with van der Waals surface area (Å²) in [5.74, 6) is 0. The zero-order valence-electron chi connectivity index (χ0n) is 14.2. The fourth-order valence-electron chi connectivity index (χ4n) is 3.26. The molecule has 1 aromatic heterocycles. The highest BCUT2D eigenvalue weighted by Gasteiger charge is 2.14. The van der Waals surface area contributed by atoms with Crippen LogP contribution in [0, 0.1) is 13.5 Å². The summed E-state index contributed by atoms with van der Waals surface area (Å²) >= 11 is 6.04. The van der Waals surface area contributed by atoms with Crippen molar-refractivity contribution in [3.05, 3.63) is 88.9 Å².